The van der Waals surface area contributed by atoms with E-state index in [1.54, 1.807) is 42.6 Å². The minimum atomic E-state index is -0.261. The number of amidine groups is 1. The molecule has 0 fully saturated rings. The van der Waals surface area contributed by atoms with Crippen molar-refractivity contribution in [1.82, 2.24) is 10.3 Å². The van der Waals surface area contributed by atoms with Crippen LogP contribution < -0.4 is 11.1 Å². The summed E-state index contributed by atoms with van der Waals surface area (Å²) in [4.78, 5) is 16.0. The molecule has 0 atom stereocenters. The summed E-state index contributed by atoms with van der Waals surface area (Å²) in [5.41, 5.74) is 7.32. The van der Waals surface area contributed by atoms with Gasteiger partial charge in [-0.05, 0) is 33.6 Å². The highest BCUT2D eigenvalue weighted by Crippen LogP contribution is 2.13. The summed E-state index contributed by atoms with van der Waals surface area (Å²) in [5.74, 6) is -0.217. The van der Waals surface area contributed by atoms with E-state index in [0.717, 1.165) is 5.56 Å². The lowest BCUT2D eigenvalue weighted by molar-refractivity contribution is 0.0945. The molecule has 1 amide bonds. The number of benzene rings is 1. The van der Waals surface area contributed by atoms with Crippen LogP contribution in [0.15, 0.2) is 52.2 Å². The Hall–Kier alpha value is -2.41. The fraction of sp³-hybridized carbons (Fsp3) is 0.0714. The zero-order valence-corrected chi connectivity index (χ0v) is 12.5. The van der Waals surface area contributed by atoms with Crippen molar-refractivity contribution in [2.45, 2.75) is 6.54 Å². The number of oxime groups is 1. The number of nitrogens with one attached hydrogen (secondary N) is 1. The summed E-state index contributed by atoms with van der Waals surface area (Å²) >= 11 is 3.28. The molecule has 1 heterocycles. The van der Waals surface area contributed by atoms with Crippen LogP contribution in [0.2, 0.25) is 0 Å². The Labute approximate surface area is 129 Å². The van der Waals surface area contributed by atoms with Gasteiger partial charge in [-0.2, -0.15) is 0 Å². The van der Waals surface area contributed by atoms with Crippen LogP contribution in [0.25, 0.3) is 0 Å². The number of rotatable bonds is 4. The molecule has 7 heteroatoms. The van der Waals surface area contributed by atoms with Crippen molar-refractivity contribution in [2.75, 3.05) is 0 Å². The lowest BCUT2D eigenvalue weighted by atomic mass is 10.1. The maximum Gasteiger partial charge on any atom is 0.271 e. The van der Waals surface area contributed by atoms with Crippen LogP contribution in [0.5, 0.6) is 0 Å². The van der Waals surface area contributed by atoms with E-state index in [2.05, 4.69) is 31.4 Å². The van der Waals surface area contributed by atoms with Gasteiger partial charge < -0.3 is 16.3 Å². The van der Waals surface area contributed by atoms with Gasteiger partial charge in [0.1, 0.15) is 5.69 Å². The summed E-state index contributed by atoms with van der Waals surface area (Å²) < 4.78 is 0.643. The smallest absolute Gasteiger partial charge is 0.271 e. The number of amides is 1. The van der Waals surface area contributed by atoms with Crippen molar-refractivity contribution in [3.63, 3.8) is 0 Å². The largest absolute Gasteiger partial charge is 0.409 e. The van der Waals surface area contributed by atoms with Gasteiger partial charge in [0.25, 0.3) is 5.91 Å². The highest BCUT2D eigenvalue weighted by Gasteiger charge is 2.10. The molecule has 2 rings (SSSR count). The van der Waals surface area contributed by atoms with Crippen LogP contribution in [0, 0.1) is 0 Å². The lowest BCUT2D eigenvalue weighted by Crippen LogP contribution is -2.24. The topological polar surface area (TPSA) is 101 Å². The van der Waals surface area contributed by atoms with Gasteiger partial charge in [0, 0.05) is 22.8 Å². The van der Waals surface area contributed by atoms with E-state index < -0.39 is 0 Å². The van der Waals surface area contributed by atoms with Gasteiger partial charge >= 0.3 is 0 Å². The minimum absolute atomic E-state index is 0.0444. The number of carbonyl (C=O) groups is 1. The maximum absolute atomic E-state index is 12.0. The first-order valence-corrected chi connectivity index (χ1v) is 6.86. The second-order valence-electron chi connectivity index (χ2n) is 4.20. The van der Waals surface area contributed by atoms with E-state index in [1.165, 1.54) is 0 Å². The molecule has 1 aromatic heterocycles. The highest BCUT2D eigenvalue weighted by molar-refractivity contribution is 9.10. The third kappa shape index (κ3) is 3.79. The zero-order valence-electron chi connectivity index (χ0n) is 11.0. The van der Waals surface area contributed by atoms with Crippen molar-refractivity contribution in [3.8, 4) is 0 Å². The monoisotopic (exact) mass is 348 g/mol. The number of pyridine rings is 1. The van der Waals surface area contributed by atoms with E-state index >= 15 is 0 Å². The number of hydrogen-bond acceptors (Lipinski definition) is 4. The van der Waals surface area contributed by atoms with E-state index in [1.807, 2.05) is 0 Å². The normalized spacial score (nSPS) is 11.2. The van der Waals surface area contributed by atoms with Gasteiger partial charge in [0.05, 0.1) is 0 Å². The molecule has 0 bridgehead atoms. The number of hydrogen-bond donors (Lipinski definition) is 3. The molecule has 0 aliphatic rings. The molecule has 6 nitrogen and oxygen atoms in total. The zero-order chi connectivity index (χ0) is 15.2. The third-order valence-corrected chi connectivity index (χ3v) is 3.42. The summed E-state index contributed by atoms with van der Waals surface area (Å²) in [6.45, 7) is 0.359. The number of nitrogens with zero attached hydrogens (tertiary/aromatic N) is 2. The number of aromatic nitrogens is 1. The van der Waals surface area contributed by atoms with E-state index in [-0.39, 0.29) is 11.7 Å². The van der Waals surface area contributed by atoms with E-state index in [9.17, 15) is 4.79 Å². The first kappa shape index (κ1) is 15.0. The van der Waals surface area contributed by atoms with Crippen molar-refractivity contribution in [2.24, 2.45) is 10.9 Å². The molecule has 0 aliphatic carbocycles. The molecular weight excluding hydrogens is 336 g/mol. The van der Waals surface area contributed by atoms with E-state index in [0.29, 0.717) is 22.3 Å². The SMILES string of the molecule is N/C(=N/O)c1ccc(CNC(=O)c2ncccc2Br)cc1. The molecule has 0 unspecified atom stereocenters. The first-order valence-electron chi connectivity index (χ1n) is 6.07. The van der Waals surface area contributed by atoms with Crippen LogP contribution in [0.4, 0.5) is 0 Å². The second kappa shape index (κ2) is 6.85. The Bertz CT molecular complexity index is 671. The summed E-state index contributed by atoms with van der Waals surface area (Å²) in [5, 5.41) is 14.3. The fourth-order valence-electron chi connectivity index (χ4n) is 1.67. The van der Waals surface area contributed by atoms with Crippen molar-refractivity contribution >= 4 is 27.7 Å². The van der Waals surface area contributed by atoms with Crippen LogP contribution in [-0.4, -0.2) is 21.9 Å². The molecule has 0 radical (unpaired) electrons. The molecule has 0 aliphatic heterocycles. The third-order valence-electron chi connectivity index (χ3n) is 2.78. The predicted octanol–water partition coefficient (Wildman–Crippen LogP) is 1.87. The Morgan fingerprint density at radius 1 is 1.33 bits per heavy atom. The van der Waals surface area contributed by atoms with Gasteiger partial charge in [0.2, 0.25) is 0 Å². The van der Waals surface area contributed by atoms with Crippen molar-refractivity contribution in [3.05, 3.63) is 63.9 Å². The van der Waals surface area contributed by atoms with Crippen molar-refractivity contribution < 1.29 is 10.0 Å². The average Bonchev–Trinajstić information content (AvgIpc) is 2.52. The van der Waals surface area contributed by atoms with Crippen LogP contribution in [0.1, 0.15) is 21.6 Å². The lowest BCUT2D eigenvalue weighted by Gasteiger charge is -2.07. The maximum atomic E-state index is 12.0. The summed E-state index contributed by atoms with van der Waals surface area (Å²) in [7, 11) is 0. The Balaban J connectivity index is 2.00. The number of carbonyl (C=O) groups excluding carboxylic acids is 1. The second-order valence-corrected chi connectivity index (χ2v) is 5.05. The molecule has 0 saturated carbocycles. The molecule has 0 spiro atoms. The molecule has 0 saturated heterocycles. The average molecular weight is 349 g/mol. The Morgan fingerprint density at radius 2 is 2.05 bits per heavy atom. The first-order chi connectivity index (χ1) is 10.1. The summed E-state index contributed by atoms with van der Waals surface area (Å²) in [6.07, 6.45) is 1.56. The number of nitrogens with two attached hydrogens (primary N) is 1. The minimum Gasteiger partial charge on any atom is -0.409 e. The van der Waals surface area contributed by atoms with Gasteiger partial charge in [-0.3, -0.25) is 4.79 Å². The van der Waals surface area contributed by atoms with Gasteiger partial charge in [-0.25, -0.2) is 4.98 Å². The quantitative estimate of drug-likeness (QED) is 0.339. The van der Waals surface area contributed by atoms with Crippen molar-refractivity contribution in [1.29, 1.82) is 0 Å². The molecule has 21 heavy (non-hydrogen) atoms. The molecule has 1 aromatic carbocycles. The molecular formula is C14H13BrN4O2. The van der Waals surface area contributed by atoms with Crippen LogP contribution >= 0.6 is 15.9 Å². The Kier molecular flexibility index (Phi) is 4.89. The Morgan fingerprint density at radius 3 is 2.67 bits per heavy atom. The van der Waals surface area contributed by atoms with Gasteiger partial charge in [-0.15, -0.1) is 0 Å². The molecule has 4 N–H and O–H groups in total. The van der Waals surface area contributed by atoms with E-state index in [4.69, 9.17) is 10.9 Å². The standard InChI is InChI=1S/C14H13BrN4O2/c15-11-2-1-7-17-12(11)14(20)18-8-9-3-5-10(6-4-9)13(16)19-21/h1-7,21H,8H2,(H2,16,19)(H,18,20). The number of halogens is 1. The molecule has 108 valence electrons. The predicted molar refractivity (Wildman–Crippen MR) is 82.1 cm³/mol. The summed E-state index contributed by atoms with van der Waals surface area (Å²) in [6, 6.07) is 10.5. The van der Waals surface area contributed by atoms with Crippen LogP contribution in [-0.2, 0) is 6.54 Å². The highest BCUT2D eigenvalue weighted by atomic mass is 79.9. The van der Waals surface area contributed by atoms with Gasteiger partial charge in [0.15, 0.2) is 5.84 Å². The van der Waals surface area contributed by atoms with Crippen LogP contribution in [0.3, 0.4) is 0 Å². The van der Waals surface area contributed by atoms with Gasteiger partial charge in [-0.1, -0.05) is 29.4 Å². The fourth-order valence-corrected chi connectivity index (χ4v) is 2.10. The molecule has 2 aromatic rings.